The van der Waals surface area contributed by atoms with Crippen molar-refractivity contribution in [2.45, 2.75) is 31.1 Å². The first-order valence-electron chi connectivity index (χ1n) is 7.32. The average Bonchev–Trinajstić information content (AvgIpc) is 3.01. The molecule has 0 aromatic heterocycles. The van der Waals surface area contributed by atoms with Gasteiger partial charge >= 0.3 is 11.8 Å². The third kappa shape index (κ3) is 3.16. The van der Waals surface area contributed by atoms with E-state index < -0.39 is 11.8 Å². The smallest absolute Gasteiger partial charge is 0.309 e. The van der Waals surface area contributed by atoms with Crippen LogP contribution in [-0.2, 0) is 15.0 Å². The van der Waals surface area contributed by atoms with Crippen LogP contribution in [0.25, 0.3) is 0 Å². The lowest BCUT2D eigenvalue weighted by Crippen LogP contribution is -2.43. The number of nitrogens with two attached hydrogens (primary N) is 1. The average molecular weight is 306 g/mol. The summed E-state index contributed by atoms with van der Waals surface area (Å²) in [6.45, 7) is 0.393. The van der Waals surface area contributed by atoms with Crippen LogP contribution in [0.15, 0.2) is 18.2 Å². The van der Waals surface area contributed by atoms with Gasteiger partial charge in [0.15, 0.2) is 11.5 Å². The molecule has 1 aromatic carbocycles. The lowest BCUT2D eigenvalue weighted by molar-refractivity contribution is -0.137. The Morgan fingerprint density at radius 3 is 2.36 bits per heavy atom. The number of methoxy groups -OCH3 is 2. The van der Waals surface area contributed by atoms with E-state index in [-0.39, 0.29) is 5.41 Å². The van der Waals surface area contributed by atoms with Crippen molar-refractivity contribution in [3.05, 3.63) is 23.8 Å². The molecule has 0 bridgehead atoms. The number of benzene rings is 1. The van der Waals surface area contributed by atoms with Crippen molar-refractivity contribution >= 4 is 11.8 Å². The quantitative estimate of drug-likeness (QED) is 0.798. The van der Waals surface area contributed by atoms with Crippen LogP contribution in [0.1, 0.15) is 31.2 Å². The van der Waals surface area contributed by atoms with Gasteiger partial charge < -0.3 is 20.5 Å². The predicted octanol–water partition coefficient (Wildman–Crippen LogP) is 1.12. The van der Waals surface area contributed by atoms with E-state index in [1.165, 1.54) is 0 Å². The van der Waals surface area contributed by atoms with Crippen LogP contribution >= 0.6 is 0 Å². The zero-order valence-electron chi connectivity index (χ0n) is 13.0. The van der Waals surface area contributed by atoms with Gasteiger partial charge in [0.05, 0.1) is 14.2 Å². The van der Waals surface area contributed by atoms with Gasteiger partial charge in [-0.05, 0) is 30.5 Å². The number of carbonyl (C=O) groups is 2. The lowest BCUT2D eigenvalue weighted by atomic mass is 9.78. The van der Waals surface area contributed by atoms with E-state index in [0.29, 0.717) is 18.0 Å². The maximum Gasteiger partial charge on any atom is 0.309 e. The summed E-state index contributed by atoms with van der Waals surface area (Å²) in [5.74, 6) is -0.375. The monoisotopic (exact) mass is 306 g/mol. The van der Waals surface area contributed by atoms with E-state index in [1.54, 1.807) is 14.2 Å². The van der Waals surface area contributed by atoms with E-state index >= 15 is 0 Å². The molecule has 0 spiro atoms. The van der Waals surface area contributed by atoms with Gasteiger partial charge in [-0.25, -0.2) is 0 Å². The molecule has 1 saturated carbocycles. The van der Waals surface area contributed by atoms with Crippen molar-refractivity contribution in [2.24, 2.45) is 5.73 Å². The number of nitrogens with one attached hydrogen (secondary N) is 1. The number of hydrogen-bond donors (Lipinski definition) is 2. The normalized spacial score (nSPS) is 16.1. The molecule has 0 unspecified atom stereocenters. The van der Waals surface area contributed by atoms with Gasteiger partial charge in [-0.15, -0.1) is 0 Å². The topological polar surface area (TPSA) is 90.6 Å². The molecule has 0 heterocycles. The van der Waals surface area contributed by atoms with Crippen molar-refractivity contribution in [1.82, 2.24) is 5.32 Å². The molecule has 0 atom stereocenters. The van der Waals surface area contributed by atoms with Crippen LogP contribution < -0.4 is 20.5 Å². The first kappa shape index (κ1) is 16.1. The molecule has 0 radical (unpaired) electrons. The highest BCUT2D eigenvalue weighted by atomic mass is 16.5. The standard InChI is InChI=1S/C16H22N2O4/c1-21-12-6-5-11(9-13(12)22-2)16(7-3-4-8-16)10-18-15(20)14(17)19/h5-6,9H,3-4,7-8,10H2,1-2H3,(H2,17,19)(H,18,20). The molecule has 2 rings (SSSR count). The van der Waals surface area contributed by atoms with Gasteiger partial charge in [-0.1, -0.05) is 18.9 Å². The van der Waals surface area contributed by atoms with E-state index in [0.717, 1.165) is 31.2 Å². The Kier molecular flexibility index (Phi) is 4.90. The minimum atomic E-state index is -0.958. The molecular formula is C16H22N2O4. The first-order valence-corrected chi connectivity index (χ1v) is 7.32. The van der Waals surface area contributed by atoms with Crippen LogP contribution in [0.3, 0.4) is 0 Å². The summed E-state index contributed by atoms with van der Waals surface area (Å²) in [6.07, 6.45) is 4.06. The highest BCUT2D eigenvalue weighted by Crippen LogP contribution is 2.43. The fraction of sp³-hybridized carbons (Fsp3) is 0.500. The molecule has 120 valence electrons. The second-order valence-electron chi connectivity index (χ2n) is 5.60. The molecule has 0 aliphatic heterocycles. The van der Waals surface area contributed by atoms with Crippen LogP contribution in [0.4, 0.5) is 0 Å². The lowest BCUT2D eigenvalue weighted by Gasteiger charge is -2.30. The molecule has 22 heavy (non-hydrogen) atoms. The highest BCUT2D eigenvalue weighted by molar-refractivity contribution is 6.34. The number of ether oxygens (including phenoxy) is 2. The Bertz CT molecular complexity index is 565. The van der Waals surface area contributed by atoms with Crippen LogP contribution in [0, 0.1) is 0 Å². The number of hydrogen-bond acceptors (Lipinski definition) is 4. The SMILES string of the molecule is COc1ccc(C2(CNC(=O)C(N)=O)CCCC2)cc1OC. The Morgan fingerprint density at radius 1 is 1.18 bits per heavy atom. The Balaban J connectivity index is 2.27. The van der Waals surface area contributed by atoms with Crippen molar-refractivity contribution in [2.75, 3.05) is 20.8 Å². The minimum Gasteiger partial charge on any atom is -0.493 e. The third-order valence-electron chi connectivity index (χ3n) is 4.37. The first-order chi connectivity index (χ1) is 10.5. The molecule has 6 heteroatoms. The fourth-order valence-electron chi connectivity index (χ4n) is 3.12. The van der Waals surface area contributed by atoms with Crippen LogP contribution in [0.5, 0.6) is 11.5 Å². The van der Waals surface area contributed by atoms with Gasteiger partial charge in [-0.2, -0.15) is 0 Å². The summed E-state index contributed by atoms with van der Waals surface area (Å²) in [6, 6.07) is 5.80. The molecule has 1 aromatic rings. The molecule has 6 nitrogen and oxygen atoms in total. The summed E-state index contributed by atoms with van der Waals surface area (Å²) in [5, 5.41) is 2.64. The summed E-state index contributed by atoms with van der Waals surface area (Å²) in [4.78, 5) is 22.4. The highest BCUT2D eigenvalue weighted by Gasteiger charge is 2.36. The summed E-state index contributed by atoms with van der Waals surface area (Å²) >= 11 is 0. The number of primary amides is 1. The Hall–Kier alpha value is -2.24. The number of rotatable bonds is 5. The molecule has 3 N–H and O–H groups in total. The summed E-state index contributed by atoms with van der Waals surface area (Å²) in [7, 11) is 3.19. The van der Waals surface area contributed by atoms with Gasteiger partial charge in [0, 0.05) is 12.0 Å². The zero-order chi connectivity index (χ0) is 16.2. The number of carbonyl (C=O) groups excluding carboxylic acids is 2. The van der Waals surface area contributed by atoms with Crippen molar-refractivity contribution < 1.29 is 19.1 Å². The predicted molar refractivity (Wildman–Crippen MR) is 81.9 cm³/mol. The molecule has 0 saturated heterocycles. The zero-order valence-corrected chi connectivity index (χ0v) is 13.0. The van der Waals surface area contributed by atoms with Crippen molar-refractivity contribution in [3.63, 3.8) is 0 Å². The largest absolute Gasteiger partial charge is 0.493 e. The maximum atomic E-state index is 11.5. The van der Waals surface area contributed by atoms with Gasteiger partial charge in [0.2, 0.25) is 0 Å². The number of amides is 2. The van der Waals surface area contributed by atoms with Crippen LogP contribution in [0.2, 0.25) is 0 Å². The van der Waals surface area contributed by atoms with Gasteiger partial charge in [-0.3, -0.25) is 9.59 Å². The van der Waals surface area contributed by atoms with E-state index in [4.69, 9.17) is 15.2 Å². The molecule has 1 aliphatic rings. The Labute approximate surface area is 130 Å². The minimum absolute atomic E-state index is 0.190. The maximum absolute atomic E-state index is 11.5. The third-order valence-corrected chi connectivity index (χ3v) is 4.37. The van der Waals surface area contributed by atoms with E-state index in [9.17, 15) is 9.59 Å². The summed E-state index contributed by atoms with van der Waals surface area (Å²) in [5.41, 5.74) is 5.89. The second-order valence-corrected chi connectivity index (χ2v) is 5.60. The van der Waals surface area contributed by atoms with Gasteiger partial charge in [0.1, 0.15) is 0 Å². The molecule has 2 amide bonds. The molecule has 1 fully saturated rings. The molecule has 1 aliphatic carbocycles. The summed E-state index contributed by atoms with van der Waals surface area (Å²) < 4.78 is 10.6. The van der Waals surface area contributed by atoms with Gasteiger partial charge in [0.25, 0.3) is 0 Å². The molecular weight excluding hydrogens is 284 g/mol. The van der Waals surface area contributed by atoms with E-state index in [1.807, 2.05) is 18.2 Å². The van der Waals surface area contributed by atoms with Crippen molar-refractivity contribution in [1.29, 1.82) is 0 Å². The van der Waals surface area contributed by atoms with Crippen LogP contribution in [-0.4, -0.2) is 32.6 Å². The van der Waals surface area contributed by atoms with E-state index in [2.05, 4.69) is 5.32 Å². The second kappa shape index (κ2) is 6.68. The fourth-order valence-corrected chi connectivity index (χ4v) is 3.12. The van der Waals surface area contributed by atoms with Crippen molar-refractivity contribution in [3.8, 4) is 11.5 Å². The Morgan fingerprint density at radius 2 is 1.82 bits per heavy atom.